The van der Waals surface area contributed by atoms with Gasteiger partial charge in [-0.05, 0) is 13.8 Å². The first-order chi connectivity index (χ1) is 7.40. The fourth-order valence-corrected chi connectivity index (χ4v) is 1.89. The Morgan fingerprint density at radius 2 is 2.00 bits per heavy atom. The lowest BCUT2D eigenvalue weighted by Crippen LogP contribution is -2.26. The van der Waals surface area contributed by atoms with Gasteiger partial charge >= 0.3 is 0 Å². The van der Waals surface area contributed by atoms with Crippen molar-refractivity contribution >= 4 is 9.84 Å². The van der Waals surface area contributed by atoms with Gasteiger partial charge in [0.1, 0.15) is 9.84 Å². The molecule has 0 aromatic carbocycles. The van der Waals surface area contributed by atoms with Crippen LogP contribution in [0.1, 0.15) is 24.4 Å². The molecule has 1 rings (SSSR count). The molecule has 1 unspecified atom stereocenters. The van der Waals surface area contributed by atoms with Crippen molar-refractivity contribution < 1.29 is 8.42 Å². The lowest BCUT2D eigenvalue weighted by molar-refractivity contribution is 0.563. The Bertz CT molecular complexity index is 445. The van der Waals surface area contributed by atoms with Crippen LogP contribution in [0.3, 0.4) is 0 Å². The van der Waals surface area contributed by atoms with Gasteiger partial charge in [-0.3, -0.25) is 9.97 Å². The highest BCUT2D eigenvalue weighted by atomic mass is 32.2. The molecule has 0 fully saturated rings. The molecule has 0 saturated heterocycles. The maximum absolute atomic E-state index is 10.9. The average Bonchev–Trinajstić information content (AvgIpc) is 2.16. The van der Waals surface area contributed by atoms with Crippen LogP contribution in [0.5, 0.6) is 0 Å². The van der Waals surface area contributed by atoms with Crippen molar-refractivity contribution in [3.05, 3.63) is 23.8 Å². The highest BCUT2D eigenvalue weighted by Gasteiger charge is 2.10. The Balaban J connectivity index is 2.54. The molecular formula is C10H17N3O2S. The highest BCUT2D eigenvalue weighted by Crippen LogP contribution is 2.10. The van der Waals surface area contributed by atoms with E-state index in [0.717, 1.165) is 11.4 Å². The lowest BCUT2D eigenvalue weighted by atomic mass is 10.2. The van der Waals surface area contributed by atoms with Crippen LogP contribution in [0.4, 0.5) is 0 Å². The van der Waals surface area contributed by atoms with Gasteiger partial charge in [-0.1, -0.05) is 0 Å². The minimum atomic E-state index is -2.91. The van der Waals surface area contributed by atoms with Crippen molar-refractivity contribution in [3.63, 3.8) is 0 Å². The lowest BCUT2D eigenvalue weighted by Gasteiger charge is -2.14. The molecule has 0 saturated carbocycles. The van der Waals surface area contributed by atoms with Crippen LogP contribution in [-0.2, 0) is 9.84 Å². The van der Waals surface area contributed by atoms with Gasteiger partial charge in [0.25, 0.3) is 0 Å². The van der Waals surface area contributed by atoms with Crippen molar-refractivity contribution in [3.8, 4) is 0 Å². The number of aryl methyl sites for hydroxylation is 1. The molecule has 0 aliphatic carbocycles. The molecule has 16 heavy (non-hydrogen) atoms. The van der Waals surface area contributed by atoms with Gasteiger partial charge in [0.2, 0.25) is 0 Å². The molecule has 0 spiro atoms. The number of hydrogen-bond acceptors (Lipinski definition) is 5. The summed E-state index contributed by atoms with van der Waals surface area (Å²) in [5, 5.41) is 3.11. The average molecular weight is 243 g/mol. The summed E-state index contributed by atoms with van der Waals surface area (Å²) in [5.41, 5.74) is 1.72. The zero-order chi connectivity index (χ0) is 12.2. The first kappa shape index (κ1) is 13.1. The van der Waals surface area contributed by atoms with Crippen LogP contribution in [0.15, 0.2) is 12.4 Å². The van der Waals surface area contributed by atoms with E-state index in [2.05, 4.69) is 15.3 Å². The monoisotopic (exact) mass is 243 g/mol. The minimum Gasteiger partial charge on any atom is -0.308 e. The molecule has 0 radical (unpaired) electrons. The van der Waals surface area contributed by atoms with Gasteiger partial charge in [-0.15, -0.1) is 0 Å². The second-order valence-electron chi connectivity index (χ2n) is 3.83. The van der Waals surface area contributed by atoms with Crippen LogP contribution in [0, 0.1) is 6.92 Å². The van der Waals surface area contributed by atoms with E-state index in [1.54, 1.807) is 12.4 Å². The topological polar surface area (TPSA) is 72.0 Å². The predicted octanol–water partition coefficient (Wildman–Crippen LogP) is 0.480. The third kappa shape index (κ3) is 4.24. The van der Waals surface area contributed by atoms with Crippen molar-refractivity contribution in [2.24, 2.45) is 0 Å². The SMILES string of the molecule is Cc1nccnc1C(C)NCCS(C)(=O)=O. The fraction of sp³-hybridized carbons (Fsp3) is 0.600. The van der Waals surface area contributed by atoms with E-state index in [1.165, 1.54) is 6.26 Å². The van der Waals surface area contributed by atoms with Gasteiger partial charge in [-0.25, -0.2) is 8.42 Å². The van der Waals surface area contributed by atoms with Crippen LogP contribution >= 0.6 is 0 Å². The fourth-order valence-electron chi connectivity index (χ4n) is 1.40. The number of aromatic nitrogens is 2. The van der Waals surface area contributed by atoms with Crippen molar-refractivity contribution in [1.82, 2.24) is 15.3 Å². The molecule has 5 nitrogen and oxygen atoms in total. The third-order valence-electron chi connectivity index (χ3n) is 2.25. The van der Waals surface area contributed by atoms with Crippen LogP contribution < -0.4 is 5.32 Å². The summed E-state index contributed by atoms with van der Waals surface area (Å²) < 4.78 is 21.9. The minimum absolute atomic E-state index is 0.00968. The predicted molar refractivity (Wildman–Crippen MR) is 62.9 cm³/mol. The summed E-state index contributed by atoms with van der Waals surface area (Å²) in [6.45, 7) is 4.26. The van der Waals surface area contributed by atoms with Gasteiger partial charge in [0, 0.05) is 31.2 Å². The smallest absolute Gasteiger partial charge is 0.148 e. The molecule has 0 aliphatic rings. The van der Waals surface area contributed by atoms with Gasteiger partial charge in [-0.2, -0.15) is 0 Å². The number of nitrogens with zero attached hydrogens (tertiary/aromatic N) is 2. The Morgan fingerprint density at radius 3 is 2.56 bits per heavy atom. The van der Waals surface area contributed by atoms with E-state index in [0.29, 0.717) is 6.54 Å². The maximum Gasteiger partial charge on any atom is 0.148 e. The second kappa shape index (κ2) is 5.36. The molecule has 90 valence electrons. The molecule has 1 heterocycles. The summed E-state index contributed by atoms with van der Waals surface area (Å²) in [5.74, 6) is 0.136. The summed E-state index contributed by atoms with van der Waals surface area (Å²) >= 11 is 0. The third-order valence-corrected chi connectivity index (χ3v) is 3.20. The largest absolute Gasteiger partial charge is 0.308 e. The van der Waals surface area contributed by atoms with Crippen molar-refractivity contribution in [2.75, 3.05) is 18.6 Å². The summed E-state index contributed by atoms with van der Waals surface area (Å²) in [4.78, 5) is 8.36. The molecule has 1 aromatic rings. The molecule has 1 N–H and O–H groups in total. The van der Waals surface area contributed by atoms with Gasteiger partial charge in [0.15, 0.2) is 0 Å². The van der Waals surface area contributed by atoms with Gasteiger partial charge < -0.3 is 5.32 Å². The Hall–Kier alpha value is -1.01. The summed E-state index contributed by atoms with van der Waals surface area (Å²) in [6.07, 6.45) is 4.51. The normalized spacial score (nSPS) is 13.7. The van der Waals surface area contributed by atoms with Crippen molar-refractivity contribution in [1.29, 1.82) is 0 Å². The first-order valence-electron chi connectivity index (χ1n) is 5.09. The van der Waals surface area contributed by atoms with E-state index in [-0.39, 0.29) is 11.8 Å². The van der Waals surface area contributed by atoms with E-state index < -0.39 is 9.84 Å². The quantitative estimate of drug-likeness (QED) is 0.814. The van der Waals surface area contributed by atoms with E-state index in [9.17, 15) is 8.42 Å². The Morgan fingerprint density at radius 1 is 1.38 bits per heavy atom. The second-order valence-corrected chi connectivity index (χ2v) is 6.09. The molecule has 1 aromatic heterocycles. The van der Waals surface area contributed by atoms with Gasteiger partial charge in [0.05, 0.1) is 17.1 Å². The molecule has 0 bridgehead atoms. The Kier molecular flexibility index (Phi) is 4.37. The first-order valence-corrected chi connectivity index (χ1v) is 7.15. The maximum atomic E-state index is 10.9. The summed E-state index contributed by atoms with van der Waals surface area (Å²) in [6, 6.07) is 0.00968. The molecule has 6 heteroatoms. The van der Waals surface area contributed by atoms with Crippen molar-refractivity contribution in [2.45, 2.75) is 19.9 Å². The molecule has 1 atom stereocenters. The number of nitrogens with one attached hydrogen (secondary N) is 1. The number of hydrogen-bond donors (Lipinski definition) is 1. The standard InChI is InChI=1S/C10H17N3O2S/c1-8-10(13-5-4-11-8)9(2)12-6-7-16(3,14)15/h4-5,9,12H,6-7H2,1-3H3. The van der Waals surface area contributed by atoms with Crippen LogP contribution in [-0.4, -0.2) is 36.9 Å². The number of rotatable bonds is 5. The number of sulfone groups is 1. The van der Waals surface area contributed by atoms with Crippen LogP contribution in [0.2, 0.25) is 0 Å². The molecule has 0 amide bonds. The zero-order valence-electron chi connectivity index (χ0n) is 9.77. The van der Waals surface area contributed by atoms with E-state index in [1.807, 2.05) is 13.8 Å². The highest BCUT2D eigenvalue weighted by molar-refractivity contribution is 7.90. The van der Waals surface area contributed by atoms with E-state index in [4.69, 9.17) is 0 Å². The zero-order valence-corrected chi connectivity index (χ0v) is 10.6. The Labute approximate surface area is 96.2 Å². The van der Waals surface area contributed by atoms with E-state index >= 15 is 0 Å². The summed E-state index contributed by atoms with van der Waals surface area (Å²) in [7, 11) is -2.91. The molecular weight excluding hydrogens is 226 g/mol. The molecule has 0 aliphatic heterocycles. The van der Waals surface area contributed by atoms with Crippen LogP contribution in [0.25, 0.3) is 0 Å².